The Morgan fingerprint density at radius 1 is 1.36 bits per heavy atom. The molecule has 1 unspecified atom stereocenters. The first-order valence-corrected chi connectivity index (χ1v) is 9.08. The van der Waals surface area contributed by atoms with E-state index in [0.717, 1.165) is 18.4 Å². The van der Waals surface area contributed by atoms with E-state index in [1.807, 2.05) is 13.0 Å². The van der Waals surface area contributed by atoms with Crippen LogP contribution in [-0.4, -0.2) is 43.4 Å². The number of benzene rings is 1. The number of nitrogens with zero attached hydrogens (tertiary/aromatic N) is 2. The van der Waals surface area contributed by atoms with Crippen molar-refractivity contribution in [2.24, 2.45) is 0 Å². The van der Waals surface area contributed by atoms with E-state index < -0.39 is 10.0 Å². The maximum Gasteiger partial charge on any atom is 0.244 e. The number of rotatable bonds is 2. The molecular weight excluding hydrogens is 322 g/mol. The van der Waals surface area contributed by atoms with Crippen molar-refractivity contribution in [1.29, 1.82) is 0 Å². The normalized spacial score (nSPS) is 20.9. The molecule has 5 nitrogen and oxygen atoms in total. The molecule has 1 aliphatic rings. The van der Waals surface area contributed by atoms with E-state index in [1.54, 1.807) is 22.6 Å². The minimum Gasteiger partial charge on any atom is -0.315 e. The van der Waals surface area contributed by atoms with E-state index in [1.165, 1.54) is 6.20 Å². The summed E-state index contributed by atoms with van der Waals surface area (Å²) >= 11 is 6.22. The topological polar surface area (TPSA) is 62.3 Å². The Bertz CT molecular complexity index is 789. The average Bonchev–Trinajstić information content (AvgIpc) is 2.72. The number of nitrogens with one attached hydrogen (secondary N) is 1. The van der Waals surface area contributed by atoms with Crippen LogP contribution in [0.3, 0.4) is 0 Å². The highest BCUT2D eigenvalue weighted by Crippen LogP contribution is 2.31. The first-order valence-electron chi connectivity index (χ1n) is 7.26. The molecule has 7 heteroatoms. The fourth-order valence-electron chi connectivity index (χ4n) is 2.85. The maximum absolute atomic E-state index is 13.1. The van der Waals surface area contributed by atoms with Crippen LogP contribution >= 0.6 is 11.6 Å². The van der Waals surface area contributed by atoms with Crippen LogP contribution in [0.2, 0.25) is 5.02 Å². The van der Waals surface area contributed by atoms with E-state index in [4.69, 9.17) is 11.6 Å². The van der Waals surface area contributed by atoms with Gasteiger partial charge in [0.25, 0.3) is 0 Å². The van der Waals surface area contributed by atoms with Crippen LogP contribution in [0.5, 0.6) is 0 Å². The van der Waals surface area contributed by atoms with Crippen molar-refractivity contribution in [2.75, 3.05) is 19.6 Å². The lowest BCUT2D eigenvalue weighted by Crippen LogP contribution is -2.41. The number of hydrogen-bond donors (Lipinski definition) is 1. The molecule has 0 saturated carbocycles. The molecule has 0 bridgehead atoms. The molecular formula is C15H18ClN3O2S. The second-order valence-corrected chi connectivity index (χ2v) is 7.76. The van der Waals surface area contributed by atoms with Crippen LogP contribution in [-0.2, 0) is 10.0 Å². The van der Waals surface area contributed by atoms with Crippen molar-refractivity contribution < 1.29 is 8.42 Å². The Morgan fingerprint density at radius 3 is 3.00 bits per heavy atom. The zero-order valence-corrected chi connectivity index (χ0v) is 13.9. The lowest BCUT2D eigenvalue weighted by atomic mass is 10.2. The molecule has 1 N–H and O–H groups in total. The number of pyridine rings is 1. The Morgan fingerprint density at radius 2 is 2.18 bits per heavy atom. The minimum absolute atomic E-state index is 0.0941. The van der Waals surface area contributed by atoms with Crippen molar-refractivity contribution >= 4 is 32.4 Å². The van der Waals surface area contributed by atoms with Gasteiger partial charge in [-0.3, -0.25) is 4.98 Å². The number of sulfonamides is 1. The summed E-state index contributed by atoms with van der Waals surface area (Å²) in [5, 5.41) is 4.89. The SMILES string of the molecule is CC1CNCCCN1S(=O)(=O)c1cccc2cncc(Cl)c12. The Kier molecular flexibility index (Phi) is 4.36. The molecule has 1 atom stereocenters. The van der Waals surface area contributed by atoms with Crippen LogP contribution in [0.15, 0.2) is 35.5 Å². The highest BCUT2D eigenvalue weighted by Gasteiger charge is 2.31. The van der Waals surface area contributed by atoms with Crippen LogP contribution in [0, 0.1) is 0 Å². The predicted octanol–water partition coefficient (Wildman–Crippen LogP) is 2.26. The van der Waals surface area contributed by atoms with Crippen LogP contribution in [0.4, 0.5) is 0 Å². The predicted molar refractivity (Wildman–Crippen MR) is 87.6 cm³/mol. The maximum atomic E-state index is 13.1. The molecule has 1 aromatic heterocycles. The van der Waals surface area contributed by atoms with E-state index >= 15 is 0 Å². The summed E-state index contributed by atoms with van der Waals surface area (Å²) in [5.74, 6) is 0. The highest BCUT2D eigenvalue weighted by molar-refractivity contribution is 7.89. The lowest BCUT2D eigenvalue weighted by molar-refractivity contribution is 0.354. The molecule has 0 spiro atoms. The lowest BCUT2D eigenvalue weighted by Gasteiger charge is -2.26. The first kappa shape index (κ1) is 15.7. The number of hydrogen-bond acceptors (Lipinski definition) is 4. The number of fused-ring (bicyclic) bond motifs is 1. The standard InChI is InChI=1S/C15H18ClN3O2S/c1-11-8-17-6-3-7-19(11)22(20,21)14-5-2-4-12-9-18-10-13(16)15(12)14/h2,4-5,9-11,17H,3,6-8H2,1H3. The summed E-state index contributed by atoms with van der Waals surface area (Å²) in [6, 6.07) is 5.08. The molecule has 3 rings (SSSR count). The zero-order valence-electron chi connectivity index (χ0n) is 12.3. The minimum atomic E-state index is -3.60. The van der Waals surface area contributed by atoms with E-state index in [0.29, 0.717) is 23.5 Å². The Hall–Kier alpha value is -1.21. The molecule has 0 aliphatic carbocycles. The summed E-state index contributed by atoms with van der Waals surface area (Å²) < 4.78 is 27.8. The van der Waals surface area contributed by atoms with Gasteiger partial charge in [-0.05, 0) is 26.0 Å². The van der Waals surface area contributed by atoms with Crippen molar-refractivity contribution in [2.45, 2.75) is 24.3 Å². The molecule has 1 saturated heterocycles. The molecule has 2 heterocycles. The van der Waals surface area contributed by atoms with Crippen LogP contribution < -0.4 is 5.32 Å². The van der Waals surface area contributed by atoms with Gasteiger partial charge in [-0.1, -0.05) is 23.7 Å². The van der Waals surface area contributed by atoms with Gasteiger partial charge in [0.2, 0.25) is 10.0 Å². The fraction of sp³-hybridized carbons (Fsp3) is 0.400. The molecule has 2 aromatic rings. The van der Waals surface area contributed by atoms with Gasteiger partial charge in [-0.2, -0.15) is 4.31 Å². The quantitative estimate of drug-likeness (QED) is 0.911. The van der Waals surface area contributed by atoms with Crippen molar-refractivity contribution in [3.63, 3.8) is 0 Å². The van der Waals surface area contributed by atoms with Crippen molar-refractivity contribution in [3.05, 3.63) is 35.6 Å². The average molecular weight is 340 g/mol. The molecule has 1 aliphatic heterocycles. The summed E-state index contributed by atoms with van der Waals surface area (Å²) in [5.41, 5.74) is 0. The third-order valence-corrected chi connectivity index (χ3v) is 6.29. The van der Waals surface area contributed by atoms with Gasteiger partial charge in [0.05, 0.1) is 9.92 Å². The fourth-order valence-corrected chi connectivity index (χ4v) is 5.08. The molecule has 1 aromatic carbocycles. The smallest absolute Gasteiger partial charge is 0.244 e. The number of aromatic nitrogens is 1. The van der Waals surface area contributed by atoms with Gasteiger partial charge in [0.15, 0.2) is 0 Å². The first-order chi connectivity index (χ1) is 10.5. The molecule has 0 radical (unpaired) electrons. The molecule has 118 valence electrons. The van der Waals surface area contributed by atoms with Gasteiger partial charge >= 0.3 is 0 Å². The van der Waals surface area contributed by atoms with E-state index in [-0.39, 0.29) is 10.9 Å². The summed E-state index contributed by atoms with van der Waals surface area (Å²) in [6.07, 6.45) is 3.91. The Labute approximate surface area is 135 Å². The van der Waals surface area contributed by atoms with Gasteiger partial charge in [-0.25, -0.2) is 8.42 Å². The number of halogens is 1. The zero-order chi connectivity index (χ0) is 15.7. The van der Waals surface area contributed by atoms with E-state index in [2.05, 4.69) is 10.3 Å². The van der Waals surface area contributed by atoms with Gasteiger partial charge in [0.1, 0.15) is 0 Å². The van der Waals surface area contributed by atoms with E-state index in [9.17, 15) is 8.42 Å². The molecule has 22 heavy (non-hydrogen) atoms. The second kappa shape index (κ2) is 6.12. The van der Waals surface area contributed by atoms with Gasteiger partial charge in [0, 0.05) is 42.3 Å². The largest absolute Gasteiger partial charge is 0.315 e. The third kappa shape index (κ3) is 2.72. The monoisotopic (exact) mass is 339 g/mol. The highest BCUT2D eigenvalue weighted by atomic mass is 35.5. The summed E-state index contributed by atoms with van der Waals surface area (Å²) in [7, 11) is -3.60. The third-order valence-electron chi connectivity index (χ3n) is 3.95. The van der Waals surface area contributed by atoms with Crippen LogP contribution in [0.25, 0.3) is 10.8 Å². The van der Waals surface area contributed by atoms with Crippen molar-refractivity contribution in [3.8, 4) is 0 Å². The summed E-state index contributed by atoms with van der Waals surface area (Å²) in [6.45, 7) is 3.91. The van der Waals surface area contributed by atoms with Gasteiger partial charge < -0.3 is 5.32 Å². The Balaban J connectivity index is 2.17. The van der Waals surface area contributed by atoms with Crippen LogP contribution in [0.1, 0.15) is 13.3 Å². The second-order valence-electron chi connectivity index (χ2n) is 5.50. The van der Waals surface area contributed by atoms with Crippen molar-refractivity contribution in [1.82, 2.24) is 14.6 Å². The molecule has 0 amide bonds. The molecule has 1 fully saturated rings. The summed E-state index contributed by atoms with van der Waals surface area (Å²) in [4.78, 5) is 4.28. The van der Waals surface area contributed by atoms with Gasteiger partial charge in [-0.15, -0.1) is 0 Å².